The van der Waals surface area contributed by atoms with Crippen LogP contribution in [-0.2, 0) is 28.6 Å². The van der Waals surface area contributed by atoms with E-state index in [-0.39, 0.29) is 42.3 Å². The van der Waals surface area contributed by atoms with E-state index in [0.29, 0.717) is 36.5 Å². The largest absolute Gasteiger partial charge is 0.463 e. The lowest BCUT2D eigenvalue weighted by molar-refractivity contribution is -0.152. The fourth-order valence-corrected chi connectivity index (χ4v) is 7.74. The van der Waals surface area contributed by atoms with Gasteiger partial charge in [-0.05, 0) is 109 Å². The standard InChI is InChI=1S/C12H22O2.C11H20O2.C10H18O2.C8H16O/c1-3-7-12(13)14-10(2)11-8-5-4-6-9-11;1-3-11(12)13-9(2)10-7-5-4-6-8-10;1-8(12-9(2)11)10-6-4-3-5-7-10;1-7(9)8-5-3-2-4-6-8/h10-11H,3-9H2,1-2H3;9-10H,3-8H2,1-2H3;8,10H,3-7H2,1-2H3;7-9H,2-6H2,1H3. The summed E-state index contributed by atoms with van der Waals surface area (Å²) >= 11 is 0. The molecule has 0 aromatic rings. The third kappa shape index (κ3) is 20.8. The summed E-state index contributed by atoms with van der Waals surface area (Å²) in [6, 6.07) is 0. The molecular formula is C41H76O7. The molecule has 4 saturated carbocycles. The average molecular weight is 681 g/mol. The summed E-state index contributed by atoms with van der Waals surface area (Å²) in [4.78, 5) is 33.0. The molecule has 4 rings (SSSR count). The van der Waals surface area contributed by atoms with Gasteiger partial charge in [-0.15, -0.1) is 0 Å². The lowest BCUT2D eigenvalue weighted by Gasteiger charge is -2.27. The zero-order valence-electron chi connectivity index (χ0n) is 32.3. The molecule has 4 fully saturated rings. The number of rotatable bonds is 10. The SMILES string of the molecule is CC(=O)OC(C)C1CCCCC1.CC(O)C1CCCCC1.CCC(=O)OC(C)C1CCCCC1.CCCC(=O)OC(C)C1CCCCC1. The van der Waals surface area contributed by atoms with Crippen LogP contribution >= 0.6 is 0 Å². The maximum Gasteiger partial charge on any atom is 0.306 e. The van der Waals surface area contributed by atoms with Crippen LogP contribution < -0.4 is 0 Å². The Labute approximate surface area is 295 Å². The lowest BCUT2D eigenvalue weighted by atomic mass is 9.86. The van der Waals surface area contributed by atoms with Gasteiger partial charge in [0, 0.05) is 19.8 Å². The van der Waals surface area contributed by atoms with E-state index in [1.54, 1.807) is 0 Å². The van der Waals surface area contributed by atoms with E-state index < -0.39 is 0 Å². The third-order valence-corrected chi connectivity index (χ3v) is 11.0. The lowest BCUT2D eigenvalue weighted by Crippen LogP contribution is -2.25. The Balaban J connectivity index is 0.000000323. The normalized spacial score (nSPS) is 22.0. The van der Waals surface area contributed by atoms with Gasteiger partial charge in [0.05, 0.1) is 6.10 Å². The predicted octanol–water partition coefficient (Wildman–Crippen LogP) is 10.7. The van der Waals surface area contributed by atoms with Crippen molar-refractivity contribution in [1.82, 2.24) is 0 Å². The van der Waals surface area contributed by atoms with E-state index >= 15 is 0 Å². The van der Waals surface area contributed by atoms with Gasteiger partial charge in [-0.1, -0.05) is 90.9 Å². The number of ether oxygens (including phenoxy) is 3. The van der Waals surface area contributed by atoms with Crippen molar-refractivity contribution in [2.45, 2.75) is 221 Å². The minimum Gasteiger partial charge on any atom is -0.463 e. The summed E-state index contributed by atoms with van der Waals surface area (Å²) in [6.45, 7) is 13.3. The first kappa shape index (κ1) is 44.4. The summed E-state index contributed by atoms with van der Waals surface area (Å²) in [6.07, 6.45) is 28.1. The van der Waals surface area contributed by atoms with Crippen LogP contribution in [0.5, 0.6) is 0 Å². The van der Waals surface area contributed by atoms with Crippen LogP contribution in [0, 0.1) is 23.7 Å². The van der Waals surface area contributed by atoms with Crippen LogP contribution in [0.1, 0.15) is 196 Å². The van der Waals surface area contributed by atoms with Gasteiger partial charge in [-0.2, -0.15) is 0 Å². The second-order valence-corrected chi connectivity index (χ2v) is 15.1. The van der Waals surface area contributed by atoms with E-state index in [1.165, 1.54) is 135 Å². The van der Waals surface area contributed by atoms with Crippen LogP contribution in [0.3, 0.4) is 0 Å². The van der Waals surface area contributed by atoms with Gasteiger partial charge in [0.15, 0.2) is 0 Å². The minimum absolute atomic E-state index is 0.0226. The third-order valence-electron chi connectivity index (χ3n) is 11.0. The van der Waals surface area contributed by atoms with Crippen LogP contribution in [-0.4, -0.2) is 47.4 Å². The van der Waals surface area contributed by atoms with Crippen molar-refractivity contribution in [2.75, 3.05) is 0 Å². The van der Waals surface area contributed by atoms with Crippen LogP contribution in [0.15, 0.2) is 0 Å². The second kappa shape index (κ2) is 27.1. The van der Waals surface area contributed by atoms with Crippen molar-refractivity contribution in [3.8, 4) is 0 Å². The number of aliphatic hydroxyl groups excluding tert-OH is 1. The van der Waals surface area contributed by atoms with Crippen molar-refractivity contribution in [2.24, 2.45) is 23.7 Å². The molecule has 0 bridgehead atoms. The Hall–Kier alpha value is -1.63. The van der Waals surface area contributed by atoms with Crippen molar-refractivity contribution >= 4 is 17.9 Å². The van der Waals surface area contributed by atoms with Crippen LogP contribution in [0.25, 0.3) is 0 Å². The van der Waals surface area contributed by atoms with Gasteiger partial charge in [0.1, 0.15) is 18.3 Å². The van der Waals surface area contributed by atoms with Gasteiger partial charge in [0.25, 0.3) is 0 Å². The van der Waals surface area contributed by atoms with Gasteiger partial charge in [-0.25, -0.2) is 0 Å². The average Bonchev–Trinajstić information content (AvgIpc) is 3.10. The van der Waals surface area contributed by atoms with E-state index in [0.717, 1.165) is 6.42 Å². The Morgan fingerprint density at radius 1 is 0.521 bits per heavy atom. The highest BCUT2D eigenvalue weighted by atomic mass is 16.5. The molecule has 4 atom stereocenters. The Morgan fingerprint density at radius 3 is 1.10 bits per heavy atom. The molecule has 0 amide bonds. The first-order valence-electron chi connectivity index (χ1n) is 20.2. The van der Waals surface area contributed by atoms with E-state index in [9.17, 15) is 19.5 Å². The molecule has 1 N–H and O–H groups in total. The number of esters is 3. The summed E-state index contributed by atoms with van der Waals surface area (Å²) < 4.78 is 15.8. The number of hydrogen-bond acceptors (Lipinski definition) is 7. The van der Waals surface area contributed by atoms with Gasteiger partial charge in [-0.3, -0.25) is 14.4 Å². The summed E-state index contributed by atoms with van der Waals surface area (Å²) in [5.74, 6) is 2.23. The molecular weight excluding hydrogens is 604 g/mol. The summed E-state index contributed by atoms with van der Waals surface area (Å²) in [5.41, 5.74) is 0. The van der Waals surface area contributed by atoms with Crippen LogP contribution in [0.4, 0.5) is 0 Å². The van der Waals surface area contributed by atoms with E-state index in [4.69, 9.17) is 14.2 Å². The number of aliphatic hydroxyl groups is 1. The number of carbonyl (C=O) groups excluding carboxylic acids is 3. The van der Waals surface area contributed by atoms with Crippen LogP contribution in [0.2, 0.25) is 0 Å². The fourth-order valence-electron chi connectivity index (χ4n) is 7.74. The summed E-state index contributed by atoms with van der Waals surface area (Å²) in [5, 5.41) is 9.18. The smallest absolute Gasteiger partial charge is 0.306 e. The molecule has 0 aromatic heterocycles. The van der Waals surface area contributed by atoms with E-state index in [1.807, 2.05) is 41.5 Å². The Bertz CT molecular complexity index is 819. The first-order chi connectivity index (χ1) is 23.0. The molecule has 0 saturated heterocycles. The van der Waals surface area contributed by atoms with Crippen molar-refractivity contribution in [3.63, 3.8) is 0 Å². The fraction of sp³-hybridized carbons (Fsp3) is 0.927. The molecule has 48 heavy (non-hydrogen) atoms. The zero-order chi connectivity index (χ0) is 35.7. The highest BCUT2D eigenvalue weighted by molar-refractivity contribution is 5.69. The molecule has 0 spiro atoms. The Morgan fingerprint density at radius 2 is 0.833 bits per heavy atom. The van der Waals surface area contributed by atoms with E-state index in [2.05, 4.69) is 0 Å². The predicted molar refractivity (Wildman–Crippen MR) is 196 cm³/mol. The summed E-state index contributed by atoms with van der Waals surface area (Å²) in [7, 11) is 0. The van der Waals surface area contributed by atoms with Crippen molar-refractivity contribution in [1.29, 1.82) is 0 Å². The van der Waals surface area contributed by atoms with Gasteiger partial charge < -0.3 is 19.3 Å². The maximum atomic E-state index is 11.3. The molecule has 4 unspecified atom stereocenters. The van der Waals surface area contributed by atoms with Gasteiger partial charge in [0.2, 0.25) is 0 Å². The topological polar surface area (TPSA) is 99.1 Å². The monoisotopic (exact) mass is 681 g/mol. The molecule has 0 aliphatic heterocycles. The van der Waals surface area contributed by atoms with Crippen molar-refractivity contribution in [3.05, 3.63) is 0 Å². The maximum absolute atomic E-state index is 11.3. The minimum atomic E-state index is -0.145. The molecule has 4 aliphatic carbocycles. The van der Waals surface area contributed by atoms with Crippen molar-refractivity contribution < 1.29 is 33.7 Å². The van der Waals surface area contributed by atoms with Gasteiger partial charge >= 0.3 is 17.9 Å². The highest BCUT2D eigenvalue weighted by Crippen LogP contribution is 2.30. The zero-order valence-corrected chi connectivity index (χ0v) is 32.3. The number of carbonyl (C=O) groups is 3. The molecule has 0 heterocycles. The number of hydrogen-bond donors (Lipinski definition) is 1. The molecule has 282 valence electrons. The molecule has 0 aromatic carbocycles. The molecule has 7 heteroatoms. The second-order valence-electron chi connectivity index (χ2n) is 15.1. The first-order valence-corrected chi connectivity index (χ1v) is 20.2. The molecule has 4 aliphatic rings. The Kier molecular flexibility index (Phi) is 25.1. The molecule has 7 nitrogen and oxygen atoms in total. The highest BCUT2D eigenvalue weighted by Gasteiger charge is 2.24. The molecule has 0 radical (unpaired) electrons. The quantitative estimate of drug-likeness (QED) is 0.181.